The fourth-order valence-electron chi connectivity index (χ4n) is 3.36. The van der Waals surface area contributed by atoms with Crippen LogP contribution < -0.4 is 5.32 Å². The van der Waals surface area contributed by atoms with Gasteiger partial charge >= 0.3 is 5.97 Å². The lowest BCUT2D eigenvalue weighted by Crippen LogP contribution is -2.37. The lowest BCUT2D eigenvalue weighted by Gasteiger charge is -2.31. The van der Waals surface area contributed by atoms with E-state index in [1.807, 2.05) is 0 Å². The maximum atomic E-state index is 12.5. The van der Waals surface area contributed by atoms with Crippen molar-refractivity contribution in [3.05, 3.63) is 65.2 Å². The molecule has 2 aromatic carbocycles. The number of likely N-dealkylation sites (tertiary alicyclic amines) is 1. The normalized spacial score (nSPS) is 15.3. The molecule has 1 fully saturated rings. The first-order valence-electron chi connectivity index (χ1n) is 9.32. The molecule has 142 valence electrons. The molecule has 0 unspecified atom stereocenters. The van der Waals surface area contributed by atoms with Crippen LogP contribution in [0, 0.1) is 12.8 Å². The number of aryl methyl sites for hydroxylation is 1. The van der Waals surface area contributed by atoms with Crippen LogP contribution in [-0.2, 0) is 16.1 Å². The van der Waals surface area contributed by atoms with Crippen LogP contribution >= 0.6 is 0 Å². The molecule has 0 aromatic heterocycles. The van der Waals surface area contributed by atoms with Gasteiger partial charge in [0.25, 0.3) is 0 Å². The van der Waals surface area contributed by atoms with Gasteiger partial charge in [-0.1, -0.05) is 29.8 Å². The number of piperidine rings is 1. The number of ether oxygens (including phenoxy) is 1. The van der Waals surface area contributed by atoms with Gasteiger partial charge in [-0.05, 0) is 62.7 Å². The first-order valence-corrected chi connectivity index (χ1v) is 9.32. The molecule has 0 bridgehead atoms. The third kappa shape index (κ3) is 5.17. The van der Waals surface area contributed by atoms with Crippen molar-refractivity contribution in [2.24, 2.45) is 5.92 Å². The molecule has 0 atom stereocenters. The van der Waals surface area contributed by atoms with E-state index in [0.29, 0.717) is 11.3 Å². The number of carbonyl (C=O) groups is 2. The molecule has 0 aliphatic carbocycles. The molecule has 5 nitrogen and oxygen atoms in total. The highest BCUT2D eigenvalue weighted by molar-refractivity contribution is 5.94. The van der Waals surface area contributed by atoms with E-state index in [-0.39, 0.29) is 17.8 Å². The average Bonchev–Trinajstić information content (AvgIpc) is 2.70. The highest BCUT2D eigenvalue weighted by Gasteiger charge is 2.25. The van der Waals surface area contributed by atoms with Crippen molar-refractivity contribution in [3.63, 3.8) is 0 Å². The largest absolute Gasteiger partial charge is 0.465 e. The number of carbonyl (C=O) groups excluding carboxylic acids is 2. The Labute approximate surface area is 160 Å². The van der Waals surface area contributed by atoms with Gasteiger partial charge in [-0.3, -0.25) is 9.69 Å². The molecule has 0 spiro atoms. The number of nitrogens with one attached hydrogen (secondary N) is 1. The van der Waals surface area contributed by atoms with Crippen LogP contribution in [0.3, 0.4) is 0 Å². The van der Waals surface area contributed by atoms with Crippen molar-refractivity contribution in [2.75, 3.05) is 25.5 Å². The van der Waals surface area contributed by atoms with Gasteiger partial charge in [-0.25, -0.2) is 4.79 Å². The minimum atomic E-state index is -0.381. The highest BCUT2D eigenvalue weighted by atomic mass is 16.5. The van der Waals surface area contributed by atoms with Gasteiger partial charge in [0.15, 0.2) is 0 Å². The molecule has 2 aromatic rings. The molecule has 1 aliphatic rings. The number of hydrogen-bond acceptors (Lipinski definition) is 4. The first kappa shape index (κ1) is 19.1. The maximum absolute atomic E-state index is 12.5. The smallest absolute Gasteiger partial charge is 0.337 e. The monoisotopic (exact) mass is 366 g/mol. The Morgan fingerprint density at radius 2 is 1.67 bits per heavy atom. The van der Waals surface area contributed by atoms with Crippen molar-refractivity contribution in [3.8, 4) is 0 Å². The standard InChI is InChI=1S/C22H26N2O3/c1-16-3-5-17(6-4-16)15-24-13-11-18(12-14-24)21(25)23-20-9-7-19(8-10-20)22(26)27-2/h3-10,18H,11-15H2,1-2H3,(H,23,25). The molecule has 1 amide bonds. The van der Waals surface area contributed by atoms with Gasteiger partial charge in [0.05, 0.1) is 12.7 Å². The van der Waals surface area contributed by atoms with Crippen molar-refractivity contribution in [1.82, 2.24) is 4.90 Å². The first-order chi connectivity index (χ1) is 13.0. The van der Waals surface area contributed by atoms with Crippen LogP contribution in [0.4, 0.5) is 5.69 Å². The van der Waals surface area contributed by atoms with E-state index in [2.05, 4.69) is 46.1 Å². The molecule has 27 heavy (non-hydrogen) atoms. The van der Waals surface area contributed by atoms with Crippen LogP contribution in [0.2, 0.25) is 0 Å². The Balaban J connectivity index is 1.48. The zero-order chi connectivity index (χ0) is 19.2. The third-order valence-corrected chi connectivity index (χ3v) is 5.06. The Hall–Kier alpha value is -2.66. The van der Waals surface area contributed by atoms with Crippen LogP contribution in [0.25, 0.3) is 0 Å². The molecule has 5 heteroatoms. The fraction of sp³-hybridized carbons (Fsp3) is 0.364. The minimum Gasteiger partial charge on any atom is -0.465 e. The molecular formula is C22H26N2O3. The zero-order valence-corrected chi connectivity index (χ0v) is 15.9. The predicted molar refractivity (Wildman–Crippen MR) is 106 cm³/mol. The van der Waals surface area contributed by atoms with Crippen LogP contribution in [0.5, 0.6) is 0 Å². The van der Waals surface area contributed by atoms with Crippen molar-refractivity contribution < 1.29 is 14.3 Å². The summed E-state index contributed by atoms with van der Waals surface area (Å²) in [5.41, 5.74) is 3.76. The zero-order valence-electron chi connectivity index (χ0n) is 15.9. The molecule has 1 N–H and O–H groups in total. The highest BCUT2D eigenvalue weighted by Crippen LogP contribution is 2.21. The van der Waals surface area contributed by atoms with Gasteiger partial charge in [-0.15, -0.1) is 0 Å². The van der Waals surface area contributed by atoms with E-state index in [9.17, 15) is 9.59 Å². The SMILES string of the molecule is COC(=O)c1ccc(NC(=O)C2CCN(Cc3ccc(C)cc3)CC2)cc1. The van der Waals surface area contributed by atoms with E-state index < -0.39 is 0 Å². The van der Waals surface area contributed by atoms with Crippen molar-refractivity contribution in [1.29, 1.82) is 0 Å². The van der Waals surface area contributed by atoms with E-state index >= 15 is 0 Å². The van der Waals surface area contributed by atoms with Crippen LogP contribution in [0.1, 0.15) is 34.3 Å². The summed E-state index contributed by atoms with van der Waals surface area (Å²) in [5, 5.41) is 2.96. The molecule has 1 aliphatic heterocycles. The molecule has 0 radical (unpaired) electrons. The summed E-state index contributed by atoms with van der Waals surface area (Å²) < 4.78 is 4.68. The Morgan fingerprint density at radius 1 is 1.04 bits per heavy atom. The number of amides is 1. The summed E-state index contributed by atoms with van der Waals surface area (Å²) in [7, 11) is 1.35. The Kier molecular flexibility index (Phi) is 6.24. The molecular weight excluding hydrogens is 340 g/mol. The lowest BCUT2D eigenvalue weighted by atomic mass is 9.95. The summed E-state index contributed by atoms with van der Waals surface area (Å²) >= 11 is 0. The van der Waals surface area contributed by atoms with Crippen LogP contribution in [-0.4, -0.2) is 37.0 Å². The summed E-state index contributed by atoms with van der Waals surface area (Å²) in [6.45, 7) is 4.88. The van der Waals surface area contributed by atoms with E-state index in [4.69, 9.17) is 0 Å². The van der Waals surface area contributed by atoms with Crippen LogP contribution in [0.15, 0.2) is 48.5 Å². The minimum absolute atomic E-state index is 0.0274. The summed E-state index contributed by atoms with van der Waals surface area (Å²) in [5.74, 6) is -0.302. The van der Waals surface area contributed by atoms with Gasteiger partial charge < -0.3 is 10.1 Å². The van der Waals surface area contributed by atoms with E-state index in [1.165, 1.54) is 18.2 Å². The van der Waals surface area contributed by atoms with E-state index in [0.717, 1.165) is 32.5 Å². The van der Waals surface area contributed by atoms with Gasteiger partial charge in [0.1, 0.15) is 0 Å². The summed E-state index contributed by atoms with van der Waals surface area (Å²) in [6.07, 6.45) is 1.72. The molecule has 1 saturated heterocycles. The second kappa shape index (κ2) is 8.82. The quantitative estimate of drug-likeness (QED) is 0.821. The number of methoxy groups -OCH3 is 1. The maximum Gasteiger partial charge on any atom is 0.337 e. The fourth-order valence-corrected chi connectivity index (χ4v) is 3.36. The molecule has 1 heterocycles. The number of anilines is 1. The number of rotatable bonds is 5. The second-order valence-corrected chi connectivity index (χ2v) is 7.09. The van der Waals surface area contributed by atoms with Gasteiger partial charge in [0, 0.05) is 18.2 Å². The predicted octanol–water partition coefficient (Wildman–Crippen LogP) is 3.63. The van der Waals surface area contributed by atoms with E-state index in [1.54, 1.807) is 24.3 Å². The number of esters is 1. The summed E-state index contributed by atoms with van der Waals surface area (Å²) in [4.78, 5) is 26.4. The third-order valence-electron chi connectivity index (χ3n) is 5.06. The number of benzene rings is 2. The Morgan fingerprint density at radius 3 is 2.26 bits per heavy atom. The van der Waals surface area contributed by atoms with Gasteiger partial charge in [0.2, 0.25) is 5.91 Å². The van der Waals surface area contributed by atoms with Gasteiger partial charge in [-0.2, -0.15) is 0 Å². The van der Waals surface area contributed by atoms with Crippen molar-refractivity contribution >= 4 is 17.6 Å². The number of hydrogen-bond donors (Lipinski definition) is 1. The number of nitrogens with zero attached hydrogens (tertiary/aromatic N) is 1. The van der Waals surface area contributed by atoms with Crippen molar-refractivity contribution in [2.45, 2.75) is 26.3 Å². The Bertz CT molecular complexity index is 776. The lowest BCUT2D eigenvalue weighted by molar-refractivity contribution is -0.121. The second-order valence-electron chi connectivity index (χ2n) is 7.09. The summed E-state index contributed by atoms with van der Waals surface area (Å²) in [6, 6.07) is 15.4. The topological polar surface area (TPSA) is 58.6 Å². The average molecular weight is 366 g/mol. The molecule has 3 rings (SSSR count). The molecule has 0 saturated carbocycles.